The van der Waals surface area contributed by atoms with Crippen LogP contribution in [0.25, 0.3) is 0 Å². The van der Waals surface area contributed by atoms with Crippen molar-refractivity contribution < 1.29 is 9.53 Å². The van der Waals surface area contributed by atoms with Crippen LogP contribution in [0.15, 0.2) is 18.2 Å². The van der Waals surface area contributed by atoms with E-state index in [9.17, 15) is 4.79 Å². The molecule has 0 aliphatic heterocycles. The van der Waals surface area contributed by atoms with Crippen molar-refractivity contribution in [2.24, 2.45) is 5.73 Å². The predicted octanol–water partition coefficient (Wildman–Crippen LogP) is 4.70. The summed E-state index contributed by atoms with van der Waals surface area (Å²) in [5.74, 6) is 0.310. The molecule has 0 saturated carbocycles. The highest BCUT2D eigenvalue weighted by Gasteiger charge is 2.29. The van der Waals surface area contributed by atoms with Gasteiger partial charge in [0.1, 0.15) is 5.75 Å². The van der Waals surface area contributed by atoms with Gasteiger partial charge in [0.15, 0.2) is 6.10 Å². The van der Waals surface area contributed by atoms with Crippen LogP contribution in [0.2, 0.25) is 0 Å². The van der Waals surface area contributed by atoms with Gasteiger partial charge in [-0.1, -0.05) is 54.5 Å². The van der Waals surface area contributed by atoms with E-state index >= 15 is 0 Å². The van der Waals surface area contributed by atoms with Crippen molar-refractivity contribution in [2.45, 2.75) is 84.7 Å². The quantitative estimate of drug-likeness (QED) is 0.754. The number of primary amides is 1. The number of hydrogen-bond acceptors (Lipinski definition) is 2. The smallest absolute Gasteiger partial charge is 0.258 e. The van der Waals surface area contributed by atoms with Crippen LogP contribution in [-0.2, 0) is 15.6 Å². The summed E-state index contributed by atoms with van der Waals surface area (Å²) >= 11 is 0. The molecule has 1 aromatic carbocycles. The molecule has 1 unspecified atom stereocenters. The van der Waals surface area contributed by atoms with Crippen molar-refractivity contribution in [2.75, 3.05) is 0 Å². The molecule has 1 atom stereocenters. The number of benzene rings is 1. The average Bonchev–Trinajstić information content (AvgIpc) is 2.51. The van der Waals surface area contributed by atoms with E-state index in [2.05, 4.69) is 53.7 Å². The van der Waals surface area contributed by atoms with Gasteiger partial charge in [0, 0.05) is 0 Å². The Morgan fingerprint density at radius 1 is 1.04 bits per heavy atom. The van der Waals surface area contributed by atoms with Gasteiger partial charge in [-0.15, -0.1) is 0 Å². The molecule has 0 bridgehead atoms. The Morgan fingerprint density at radius 3 is 2.00 bits per heavy atom. The molecule has 0 aliphatic rings. The van der Waals surface area contributed by atoms with Crippen LogP contribution in [0, 0.1) is 0 Å². The fraction of sp³-hybridized carbons (Fsp3) is 0.650. The molecule has 3 heteroatoms. The van der Waals surface area contributed by atoms with E-state index in [1.807, 2.05) is 13.0 Å². The number of ether oxygens (including phenoxy) is 1. The van der Waals surface area contributed by atoms with Crippen molar-refractivity contribution in [1.82, 2.24) is 0 Å². The van der Waals surface area contributed by atoms with Crippen molar-refractivity contribution in [1.29, 1.82) is 0 Å². The minimum absolute atomic E-state index is 0.0512. The van der Waals surface area contributed by atoms with Crippen molar-refractivity contribution in [3.8, 4) is 5.75 Å². The number of carbonyl (C=O) groups excluding carboxylic acids is 1. The van der Waals surface area contributed by atoms with E-state index in [0.29, 0.717) is 6.42 Å². The molecule has 130 valence electrons. The van der Waals surface area contributed by atoms with Crippen LogP contribution in [-0.4, -0.2) is 12.0 Å². The fourth-order valence-corrected chi connectivity index (χ4v) is 2.63. The minimum Gasteiger partial charge on any atom is -0.481 e. The average molecular weight is 319 g/mol. The van der Waals surface area contributed by atoms with Crippen molar-refractivity contribution in [3.63, 3.8) is 0 Å². The van der Waals surface area contributed by atoms with Crippen LogP contribution in [0.5, 0.6) is 5.75 Å². The third kappa shape index (κ3) is 4.49. The summed E-state index contributed by atoms with van der Waals surface area (Å²) in [6.45, 7) is 15.4. The second-order valence-corrected chi connectivity index (χ2v) is 7.60. The number of hydrogen-bond donors (Lipinski definition) is 1. The zero-order valence-corrected chi connectivity index (χ0v) is 15.8. The van der Waals surface area contributed by atoms with Gasteiger partial charge in [0.2, 0.25) is 0 Å². The maximum absolute atomic E-state index is 11.4. The van der Waals surface area contributed by atoms with Gasteiger partial charge in [-0.2, -0.15) is 0 Å². The summed E-state index contributed by atoms with van der Waals surface area (Å²) in [5.41, 5.74) is 8.21. The molecule has 0 aliphatic carbocycles. The Kier molecular flexibility index (Phi) is 6.26. The summed E-state index contributed by atoms with van der Waals surface area (Å²) in [5, 5.41) is 0. The highest BCUT2D eigenvalue weighted by Crippen LogP contribution is 2.39. The van der Waals surface area contributed by atoms with Crippen LogP contribution in [0.4, 0.5) is 0 Å². The van der Waals surface area contributed by atoms with E-state index in [1.165, 1.54) is 11.1 Å². The normalized spacial score (nSPS) is 13.7. The topological polar surface area (TPSA) is 52.3 Å². The van der Waals surface area contributed by atoms with Gasteiger partial charge in [0.25, 0.3) is 5.91 Å². The third-order valence-corrected chi connectivity index (χ3v) is 5.18. The maximum Gasteiger partial charge on any atom is 0.258 e. The highest BCUT2D eigenvalue weighted by atomic mass is 16.5. The highest BCUT2D eigenvalue weighted by molar-refractivity contribution is 5.79. The van der Waals surface area contributed by atoms with Crippen LogP contribution < -0.4 is 10.5 Å². The summed E-state index contributed by atoms with van der Waals surface area (Å²) in [7, 11) is 0. The number of nitrogens with two attached hydrogens (primary N) is 1. The number of carbonyl (C=O) groups is 1. The predicted molar refractivity (Wildman–Crippen MR) is 97.0 cm³/mol. The lowest BCUT2D eigenvalue weighted by molar-refractivity contribution is -0.124. The lowest BCUT2D eigenvalue weighted by Crippen LogP contribution is -2.33. The molecule has 0 fully saturated rings. The Morgan fingerprint density at radius 2 is 1.57 bits per heavy atom. The molecule has 3 nitrogen and oxygen atoms in total. The van der Waals surface area contributed by atoms with Crippen LogP contribution in [0.3, 0.4) is 0 Å². The molecule has 2 N–H and O–H groups in total. The Bertz CT molecular complexity index is 547. The van der Waals surface area contributed by atoms with Gasteiger partial charge >= 0.3 is 0 Å². The summed E-state index contributed by atoms with van der Waals surface area (Å²) in [6, 6.07) is 6.22. The zero-order chi connectivity index (χ0) is 17.8. The van der Waals surface area contributed by atoms with E-state index in [1.54, 1.807) is 0 Å². The molecule has 0 aromatic heterocycles. The molecule has 0 heterocycles. The van der Waals surface area contributed by atoms with Crippen LogP contribution >= 0.6 is 0 Å². The molecule has 1 amide bonds. The standard InChI is InChI=1S/C20H33NO2/c1-8-17(18(21)22)23-14-11-12-15(19(4,5)9-2)16(13-14)20(6,7)10-3/h11-13,17H,8-10H2,1-7H3,(H2,21,22). The fourth-order valence-electron chi connectivity index (χ4n) is 2.63. The molecule has 23 heavy (non-hydrogen) atoms. The summed E-state index contributed by atoms with van der Waals surface area (Å²) in [4.78, 5) is 11.4. The molecular formula is C20H33NO2. The van der Waals surface area contributed by atoms with Gasteiger partial charge < -0.3 is 10.5 Å². The van der Waals surface area contributed by atoms with E-state index < -0.39 is 12.0 Å². The SMILES string of the molecule is CCC(Oc1ccc(C(C)(C)CC)c(C(C)(C)CC)c1)C(N)=O. The largest absolute Gasteiger partial charge is 0.481 e. The van der Waals surface area contributed by atoms with Gasteiger partial charge in [-0.3, -0.25) is 4.79 Å². The first-order valence-corrected chi connectivity index (χ1v) is 8.70. The first-order valence-electron chi connectivity index (χ1n) is 8.70. The second kappa shape index (κ2) is 7.37. The van der Waals surface area contributed by atoms with Gasteiger partial charge in [-0.05, 0) is 53.4 Å². The van der Waals surface area contributed by atoms with E-state index in [-0.39, 0.29) is 10.8 Å². The second-order valence-electron chi connectivity index (χ2n) is 7.60. The van der Waals surface area contributed by atoms with Gasteiger partial charge in [0.05, 0.1) is 0 Å². The van der Waals surface area contributed by atoms with E-state index in [0.717, 1.165) is 18.6 Å². The Hall–Kier alpha value is -1.51. The molecule has 0 saturated heterocycles. The van der Waals surface area contributed by atoms with Crippen molar-refractivity contribution in [3.05, 3.63) is 29.3 Å². The first-order chi connectivity index (χ1) is 10.6. The molecule has 1 rings (SSSR count). The van der Waals surface area contributed by atoms with E-state index in [4.69, 9.17) is 10.5 Å². The number of rotatable bonds is 8. The summed E-state index contributed by atoms with van der Waals surface area (Å²) in [6.07, 6.45) is 2.11. The van der Waals surface area contributed by atoms with Crippen LogP contribution in [0.1, 0.15) is 78.9 Å². The lowest BCUT2D eigenvalue weighted by Gasteiger charge is -2.34. The molecule has 0 radical (unpaired) electrons. The minimum atomic E-state index is -0.572. The summed E-state index contributed by atoms with van der Waals surface area (Å²) < 4.78 is 5.83. The Labute approximate surface area is 141 Å². The van der Waals surface area contributed by atoms with Crippen molar-refractivity contribution >= 4 is 5.91 Å². The third-order valence-electron chi connectivity index (χ3n) is 5.18. The maximum atomic E-state index is 11.4. The number of amides is 1. The zero-order valence-electron chi connectivity index (χ0n) is 15.8. The Balaban J connectivity index is 3.36. The monoisotopic (exact) mass is 319 g/mol. The molecule has 0 spiro atoms. The first kappa shape index (κ1) is 19.5. The molecular weight excluding hydrogens is 286 g/mol. The molecule has 1 aromatic rings. The lowest BCUT2D eigenvalue weighted by atomic mass is 9.71. The van der Waals surface area contributed by atoms with Gasteiger partial charge in [-0.25, -0.2) is 0 Å².